The maximum Gasteiger partial charge on any atom is 0.140 e. The van der Waals surface area contributed by atoms with Crippen LogP contribution in [-0.4, -0.2) is 9.97 Å². The predicted molar refractivity (Wildman–Crippen MR) is 67.9 cm³/mol. The lowest BCUT2D eigenvalue weighted by Gasteiger charge is -2.07. The van der Waals surface area contributed by atoms with Crippen molar-refractivity contribution in [1.82, 2.24) is 9.97 Å². The molecule has 0 amide bonds. The van der Waals surface area contributed by atoms with Gasteiger partial charge in [0.05, 0.1) is 16.4 Å². The van der Waals surface area contributed by atoms with E-state index < -0.39 is 0 Å². The molecule has 82 valence electrons. The third-order valence-electron chi connectivity index (χ3n) is 2.07. The molecule has 2 rings (SSSR count). The Morgan fingerprint density at radius 3 is 2.75 bits per heavy atom. The third kappa shape index (κ3) is 2.70. The molecule has 2 heterocycles. The Kier molecular flexibility index (Phi) is 3.36. The Hall–Kier alpha value is -1.62. The van der Waals surface area contributed by atoms with Crippen LogP contribution in [0.4, 0.5) is 11.5 Å². The van der Waals surface area contributed by atoms with Crippen LogP contribution in [0.3, 0.4) is 0 Å². The number of aromatic nitrogens is 2. The number of hydrogen-bond acceptors (Lipinski definition) is 4. The van der Waals surface area contributed by atoms with Crippen molar-refractivity contribution in [1.29, 1.82) is 0 Å². The number of hydrogen-bond donors (Lipinski definition) is 2. The minimum Gasteiger partial charge on any atom is -0.397 e. The van der Waals surface area contributed by atoms with Crippen LogP contribution in [0.15, 0.2) is 41.3 Å². The Bertz CT molecular complexity index is 473. The van der Waals surface area contributed by atoms with E-state index in [-0.39, 0.29) is 0 Å². The van der Waals surface area contributed by atoms with Gasteiger partial charge in [-0.1, -0.05) is 0 Å². The van der Waals surface area contributed by atoms with E-state index >= 15 is 0 Å². The first-order valence-corrected chi connectivity index (χ1v) is 5.59. The number of nitrogen functional groups attached to an aromatic ring is 1. The fourth-order valence-electron chi connectivity index (χ4n) is 1.27. The molecule has 0 aliphatic heterocycles. The zero-order valence-electron chi connectivity index (χ0n) is 8.52. The van der Waals surface area contributed by atoms with Gasteiger partial charge in [-0.15, -0.1) is 0 Å². The first kappa shape index (κ1) is 10.9. The molecular formula is C11H11BrN4. The Morgan fingerprint density at radius 2 is 2.06 bits per heavy atom. The van der Waals surface area contributed by atoms with Crippen molar-refractivity contribution in [2.75, 3.05) is 11.1 Å². The van der Waals surface area contributed by atoms with Crippen LogP contribution in [0.25, 0.3) is 0 Å². The fraction of sp³-hybridized carbons (Fsp3) is 0.0909. The van der Waals surface area contributed by atoms with Gasteiger partial charge in [-0.2, -0.15) is 0 Å². The standard InChI is InChI=1S/C11H11BrN4/c12-10-5-9(13)7-16-11(10)15-6-8-1-3-14-4-2-8/h1-5,7H,6,13H2,(H,15,16). The van der Waals surface area contributed by atoms with E-state index in [1.54, 1.807) is 18.6 Å². The highest BCUT2D eigenvalue weighted by atomic mass is 79.9. The molecule has 0 radical (unpaired) electrons. The molecule has 0 unspecified atom stereocenters. The summed E-state index contributed by atoms with van der Waals surface area (Å²) < 4.78 is 0.863. The zero-order chi connectivity index (χ0) is 11.4. The summed E-state index contributed by atoms with van der Waals surface area (Å²) in [6.07, 6.45) is 5.16. The van der Waals surface area contributed by atoms with Gasteiger partial charge >= 0.3 is 0 Å². The van der Waals surface area contributed by atoms with Crippen molar-refractivity contribution in [3.8, 4) is 0 Å². The summed E-state index contributed by atoms with van der Waals surface area (Å²) in [5, 5.41) is 3.22. The highest BCUT2D eigenvalue weighted by Gasteiger charge is 2.01. The molecule has 0 bridgehead atoms. The lowest BCUT2D eigenvalue weighted by molar-refractivity contribution is 1.09. The van der Waals surface area contributed by atoms with E-state index in [9.17, 15) is 0 Å². The van der Waals surface area contributed by atoms with Gasteiger partial charge in [-0.3, -0.25) is 4.98 Å². The molecule has 0 aliphatic rings. The number of halogens is 1. The number of pyridine rings is 2. The summed E-state index contributed by atoms with van der Waals surface area (Å²) in [6.45, 7) is 0.706. The smallest absolute Gasteiger partial charge is 0.140 e. The van der Waals surface area contributed by atoms with E-state index in [0.29, 0.717) is 12.2 Å². The molecule has 3 N–H and O–H groups in total. The molecule has 0 saturated carbocycles. The average Bonchev–Trinajstić information content (AvgIpc) is 2.29. The van der Waals surface area contributed by atoms with Gasteiger partial charge in [0.15, 0.2) is 0 Å². The summed E-state index contributed by atoms with van der Waals surface area (Å²) in [5.74, 6) is 0.783. The molecule has 16 heavy (non-hydrogen) atoms. The van der Waals surface area contributed by atoms with Gasteiger partial charge in [-0.05, 0) is 39.7 Å². The normalized spacial score (nSPS) is 10.1. The lowest BCUT2D eigenvalue weighted by atomic mass is 10.3. The Labute approximate surface area is 102 Å². The minimum absolute atomic E-state index is 0.640. The van der Waals surface area contributed by atoms with E-state index in [4.69, 9.17) is 5.73 Å². The summed E-state index contributed by atoms with van der Waals surface area (Å²) in [4.78, 5) is 8.15. The van der Waals surface area contributed by atoms with E-state index in [1.807, 2.05) is 18.2 Å². The molecule has 2 aromatic heterocycles. The molecule has 0 fully saturated rings. The third-order valence-corrected chi connectivity index (χ3v) is 2.68. The Balaban J connectivity index is 2.05. The lowest BCUT2D eigenvalue weighted by Crippen LogP contribution is -2.02. The van der Waals surface area contributed by atoms with Crippen molar-refractivity contribution in [3.63, 3.8) is 0 Å². The van der Waals surface area contributed by atoms with Gasteiger partial charge in [0.1, 0.15) is 5.82 Å². The summed E-state index contributed by atoms with van der Waals surface area (Å²) in [6, 6.07) is 5.73. The largest absolute Gasteiger partial charge is 0.397 e. The molecule has 0 spiro atoms. The van der Waals surface area contributed by atoms with Crippen molar-refractivity contribution in [3.05, 3.63) is 46.8 Å². The fourth-order valence-corrected chi connectivity index (χ4v) is 1.78. The second-order valence-corrected chi connectivity index (χ2v) is 4.16. The van der Waals surface area contributed by atoms with Crippen molar-refractivity contribution in [2.45, 2.75) is 6.54 Å². The molecule has 0 aliphatic carbocycles. The molecule has 5 heteroatoms. The zero-order valence-corrected chi connectivity index (χ0v) is 10.1. The van der Waals surface area contributed by atoms with Crippen molar-refractivity contribution < 1.29 is 0 Å². The summed E-state index contributed by atoms with van der Waals surface area (Å²) >= 11 is 3.40. The molecule has 0 aromatic carbocycles. The second-order valence-electron chi connectivity index (χ2n) is 3.31. The quantitative estimate of drug-likeness (QED) is 0.905. The van der Waals surface area contributed by atoms with Crippen LogP contribution in [0.5, 0.6) is 0 Å². The highest BCUT2D eigenvalue weighted by molar-refractivity contribution is 9.10. The number of nitrogens with one attached hydrogen (secondary N) is 1. The van der Waals surface area contributed by atoms with Crippen LogP contribution in [-0.2, 0) is 6.54 Å². The van der Waals surface area contributed by atoms with Gasteiger partial charge in [0.2, 0.25) is 0 Å². The van der Waals surface area contributed by atoms with Gasteiger partial charge in [0.25, 0.3) is 0 Å². The molecule has 0 saturated heterocycles. The molecule has 4 nitrogen and oxygen atoms in total. The molecule has 0 atom stereocenters. The number of nitrogens with two attached hydrogens (primary N) is 1. The number of rotatable bonds is 3. The van der Waals surface area contributed by atoms with Gasteiger partial charge in [-0.25, -0.2) is 4.98 Å². The van der Waals surface area contributed by atoms with E-state index in [1.165, 1.54) is 0 Å². The maximum atomic E-state index is 5.61. The topological polar surface area (TPSA) is 63.8 Å². The van der Waals surface area contributed by atoms with Crippen LogP contribution in [0.1, 0.15) is 5.56 Å². The summed E-state index contributed by atoms with van der Waals surface area (Å²) in [7, 11) is 0. The van der Waals surface area contributed by atoms with Gasteiger partial charge < -0.3 is 11.1 Å². The van der Waals surface area contributed by atoms with E-state index in [0.717, 1.165) is 15.9 Å². The summed E-state index contributed by atoms with van der Waals surface area (Å²) in [5.41, 5.74) is 7.40. The van der Waals surface area contributed by atoms with Crippen molar-refractivity contribution >= 4 is 27.4 Å². The van der Waals surface area contributed by atoms with Crippen LogP contribution >= 0.6 is 15.9 Å². The maximum absolute atomic E-state index is 5.61. The van der Waals surface area contributed by atoms with Crippen LogP contribution < -0.4 is 11.1 Å². The first-order chi connectivity index (χ1) is 7.75. The average molecular weight is 279 g/mol. The van der Waals surface area contributed by atoms with E-state index in [2.05, 4.69) is 31.2 Å². The molecular weight excluding hydrogens is 268 g/mol. The van der Waals surface area contributed by atoms with Gasteiger partial charge in [0, 0.05) is 18.9 Å². The van der Waals surface area contributed by atoms with Crippen molar-refractivity contribution in [2.24, 2.45) is 0 Å². The SMILES string of the molecule is Nc1cnc(NCc2ccncc2)c(Br)c1. The second kappa shape index (κ2) is 4.94. The molecule has 2 aromatic rings. The van der Waals surface area contributed by atoms with Crippen LogP contribution in [0, 0.1) is 0 Å². The number of anilines is 2. The Morgan fingerprint density at radius 1 is 1.31 bits per heavy atom. The number of nitrogens with zero attached hydrogens (tertiary/aromatic N) is 2. The highest BCUT2D eigenvalue weighted by Crippen LogP contribution is 2.22. The first-order valence-electron chi connectivity index (χ1n) is 4.79. The minimum atomic E-state index is 0.640. The van der Waals surface area contributed by atoms with Crippen LogP contribution in [0.2, 0.25) is 0 Å². The monoisotopic (exact) mass is 278 g/mol. The predicted octanol–water partition coefficient (Wildman–Crippen LogP) is 2.43.